The predicted octanol–water partition coefficient (Wildman–Crippen LogP) is 0.928. The van der Waals surface area contributed by atoms with Crippen LogP contribution in [0.4, 0.5) is 5.82 Å². The second-order valence-electron chi connectivity index (χ2n) is 3.37. The summed E-state index contributed by atoms with van der Waals surface area (Å²) in [5.74, 6) is -0.536. The number of nitrogens with zero attached hydrogens (tertiary/aromatic N) is 1. The van der Waals surface area contributed by atoms with Crippen molar-refractivity contribution in [3.8, 4) is 0 Å². The number of aromatic nitrogens is 1. The van der Waals surface area contributed by atoms with Crippen molar-refractivity contribution in [3.05, 3.63) is 22.8 Å². The number of carbonyl (C=O) groups is 2. The molecule has 0 aromatic carbocycles. The maximum Gasteiger partial charge on any atom is 0.321 e. The van der Waals surface area contributed by atoms with Crippen LogP contribution in [0, 0.1) is 0 Å². The first-order chi connectivity index (χ1) is 8.49. The first-order valence-electron chi connectivity index (χ1n) is 4.96. The van der Waals surface area contributed by atoms with Crippen LogP contribution in [0.3, 0.4) is 0 Å². The van der Waals surface area contributed by atoms with E-state index < -0.39 is 12.0 Å². The Morgan fingerprint density at radius 1 is 1.56 bits per heavy atom. The maximum atomic E-state index is 11.5. The van der Waals surface area contributed by atoms with Gasteiger partial charge in [-0.05, 0) is 28.1 Å². The van der Waals surface area contributed by atoms with Crippen molar-refractivity contribution in [1.82, 2.24) is 4.98 Å². The summed E-state index contributed by atoms with van der Waals surface area (Å²) in [6.45, 7) is 0. The van der Waals surface area contributed by atoms with Gasteiger partial charge in [0, 0.05) is 16.4 Å². The Balaban J connectivity index is 2.30. The summed E-state index contributed by atoms with van der Waals surface area (Å²) < 4.78 is 0.822. The zero-order valence-electron chi connectivity index (χ0n) is 9.30. The third kappa shape index (κ3) is 5.48. The van der Waals surface area contributed by atoms with Crippen molar-refractivity contribution in [3.63, 3.8) is 0 Å². The molecule has 18 heavy (non-hydrogen) atoms. The Hall–Kier alpha value is -1.12. The van der Waals surface area contributed by atoms with Crippen molar-refractivity contribution in [2.75, 3.05) is 16.8 Å². The lowest BCUT2D eigenvalue weighted by Gasteiger charge is -2.06. The van der Waals surface area contributed by atoms with Gasteiger partial charge in [-0.3, -0.25) is 9.59 Å². The van der Waals surface area contributed by atoms with Gasteiger partial charge in [0.1, 0.15) is 11.9 Å². The monoisotopic (exact) mass is 333 g/mol. The van der Waals surface area contributed by atoms with E-state index >= 15 is 0 Å². The summed E-state index contributed by atoms with van der Waals surface area (Å²) in [6, 6.07) is 2.47. The van der Waals surface area contributed by atoms with Crippen LogP contribution in [-0.4, -0.2) is 39.5 Å². The molecule has 1 aromatic heterocycles. The van der Waals surface area contributed by atoms with Crippen LogP contribution in [0.5, 0.6) is 0 Å². The summed E-state index contributed by atoms with van der Waals surface area (Å²) in [6.07, 6.45) is 1.57. The number of aliphatic carboxylic acids is 1. The first-order valence-corrected chi connectivity index (χ1v) is 6.91. The minimum absolute atomic E-state index is 0.138. The Morgan fingerprint density at radius 3 is 2.83 bits per heavy atom. The fourth-order valence-electron chi connectivity index (χ4n) is 0.979. The fraction of sp³-hybridized carbons (Fsp3) is 0.300. The van der Waals surface area contributed by atoms with Gasteiger partial charge in [-0.15, -0.1) is 11.8 Å². The number of thioether (sulfide) groups is 1. The number of carboxylic acids is 1. The number of pyridine rings is 1. The molecular weight excluding hydrogens is 322 g/mol. The minimum Gasteiger partial charge on any atom is -0.480 e. The molecule has 0 unspecified atom stereocenters. The molecule has 0 radical (unpaired) electrons. The van der Waals surface area contributed by atoms with Crippen molar-refractivity contribution in [1.29, 1.82) is 0 Å². The highest BCUT2D eigenvalue weighted by molar-refractivity contribution is 9.10. The van der Waals surface area contributed by atoms with Gasteiger partial charge >= 0.3 is 5.97 Å². The Bertz CT molecular complexity index is 427. The average molecular weight is 334 g/mol. The van der Waals surface area contributed by atoms with Crippen LogP contribution in [0.15, 0.2) is 22.8 Å². The molecule has 1 aromatic rings. The van der Waals surface area contributed by atoms with Crippen LogP contribution >= 0.6 is 27.7 Å². The summed E-state index contributed by atoms with van der Waals surface area (Å²) in [7, 11) is 0. The van der Waals surface area contributed by atoms with E-state index in [2.05, 4.69) is 26.2 Å². The Morgan fingerprint density at radius 2 is 2.28 bits per heavy atom. The number of hydrogen-bond acceptors (Lipinski definition) is 5. The largest absolute Gasteiger partial charge is 0.480 e. The van der Waals surface area contributed by atoms with Gasteiger partial charge < -0.3 is 16.2 Å². The lowest BCUT2D eigenvalue weighted by molar-refractivity contribution is -0.137. The molecule has 1 rings (SSSR count). The lowest BCUT2D eigenvalue weighted by Crippen LogP contribution is -2.33. The van der Waals surface area contributed by atoms with Crippen molar-refractivity contribution in [2.45, 2.75) is 6.04 Å². The number of hydrogen-bond donors (Lipinski definition) is 3. The molecule has 8 heteroatoms. The molecule has 98 valence electrons. The minimum atomic E-state index is -1.07. The highest BCUT2D eigenvalue weighted by Gasteiger charge is 2.12. The van der Waals surface area contributed by atoms with Gasteiger partial charge in [0.2, 0.25) is 5.91 Å². The van der Waals surface area contributed by atoms with E-state index in [1.54, 1.807) is 18.3 Å². The number of anilines is 1. The van der Waals surface area contributed by atoms with Gasteiger partial charge in [-0.25, -0.2) is 4.98 Å². The van der Waals surface area contributed by atoms with Crippen LogP contribution in [-0.2, 0) is 9.59 Å². The van der Waals surface area contributed by atoms with Crippen LogP contribution in [0.25, 0.3) is 0 Å². The molecule has 1 amide bonds. The zero-order chi connectivity index (χ0) is 13.5. The molecule has 0 bridgehead atoms. The number of nitrogens with one attached hydrogen (secondary N) is 1. The molecule has 4 N–H and O–H groups in total. The third-order valence-corrected chi connectivity index (χ3v) is 3.37. The predicted molar refractivity (Wildman–Crippen MR) is 73.5 cm³/mol. The summed E-state index contributed by atoms with van der Waals surface area (Å²) >= 11 is 4.40. The summed E-state index contributed by atoms with van der Waals surface area (Å²) in [5.41, 5.74) is 5.30. The third-order valence-electron chi connectivity index (χ3n) is 1.84. The van der Waals surface area contributed by atoms with Gasteiger partial charge in [-0.1, -0.05) is 0 Å². The van der Waals surface area contributed by atoms with E-state index in [0.29, 0.717) is 5.82 Å². The highest BCUT2D eigenvalue weighted by atomic mass is 79.9. The lowest BCUT2D eigenvalue weighted by atomic mass is 10.4. The molecule has 0 fully saturated rings. The molecule has 6 nitrogen and oxygen atoms in total. The second-order valence-corrected chi connectivity index (χ2v) is 5.32. The second kappa shape index (κ2) is 7.34. The molecule has 0 saturated carbocycles. The van der Waals surface area contributed by atoms with Gasteiger partial charge in [0.05, 0.1) is 5.75 Å². The summed E-state index contributed by atoms with van der Waals surface area (Å²) in [4.78, 5) is 25.9. The van der Waals surface area contributed by atoms with Crippen molar-refractivity contribution < 1.29 is 14.7 Å². The molecule has 0 aliphatic carbocycles. The zero-order valence-corrected chi connectivity index (χ0v) is 11.7. The number of carboxylic acid groups (broad SMARTS) is 1. The summed E-state index contributed by atoms with van der Waals surface area (Å²) in [5, 5.41) is 11.1. The van der Waals surface area contributed by atoms with E-state index in [-0.39, 0.29) is 17.4 Å². The van der Waals surface area contributed by atoms with E-state index in [4.69, 9.17) is 10.8 Å². The van der Waals surface area contributed by atoms with E-state index in [1.165, 1.54) is 11.8 Å². The molecule has 0 aliphatic rings. The molecule has 1 atom stereocenters. The van der Waals surface area contributed by atoms with Crippen molar-refractivity contribution >= 4 is 45.4 Å². The Labute approximate surface area is 116 Å². The maximum absolute atomic E-state index is 11.5. The molecule has 0 aliphatic heterocycles. The van der Waals surface area contributed by atoms with E-state index in [1.807, 2.05) is 0 Å². The number of nitrogens with two attached hydrogens (primary N) is 1. The number of carbonyl (C=O) groups excluding carboxylic acids is 1. The highest BCUT2D eigenvalue weighted by Crippen LogP contribution is 2.11. The van der Waals surface area contributed by atoms with Gasteiger partial charge in [-0.2, -0.15) is 0 Å². The molecule has 1 heterocycles. The van der Waals surface area contributed by atoms with Gasteiger partial charge in [0.25, 0.3) is 0 Å². The van der Waals surface area contributed by atoms with Gasteiger partial charge in [0.15, 0.2) is 0 Å². The van der Waals surface area contributed by atoms with Crippen molar-refractivity contribution in [2.24, 2.45) is 5.73 Å². The van der Waals surface area contributed by atoms with E-state index in [9.17, 15) is 9.59 Å². The fourth-order valence-corrected chi connectivity index (χ4v) is 1.99. The quantitative estimate of drug-likeness (QED) is 0.715. The standard InChI is InChI=1S/C10H12BrN3O3S/c11-6-1-2-8(13-3-6)14-9(15)5-18-4-7(12)10(16)17/h1-3,7H,4-5,12H2,(H,16,17)(H,13,14,15)/t7-/m0/s1. The SMILES string of the molecule is N[C@@H](CSCC(=O)Nc1ccc(Br)cn1)C(=O)O. The molecule has 0 saturated heterocycles. The number of rotatable bonds is 6. The Kier molecular flexibility index (Phi) is 6.10. The van der Waals surface area contributed by atoms with Crippen LogP contribution in [0.1, 0.15) is 0 Å². The number of amides is 1. The first kappa shape index (κ1) is 14.9. The van der Waals surface area contributed by atoms with Crippen LogP contribution < -0.4 is 11.1 Å². The average Bonchev–Trinajstić information content (AvgIpc) is 2.32. The number of halogens is 1. The topological polar surface area (TPSA) is 105 Å². The molecule has 0 spiro atoms. The smallest absolute Gasteiger partial charge is 0.321 e. The molecular formula is C10H12BrN3O3S. The normalized spacial score (nSPS) is 11.9. The van der Waals surface area contributed by atoms with Crippen LogP contribution in [0.2, 0.25) is 0 Å². The van der Waals surface area contributed by atoms with E-state index in [0.717, 1.165) is 4.47 Å².